The second-order valence-corrected chi connectivity index (χ2v) is 9.63. The Morgan fingerprint density at radius 1 is 1.00 bits per heavy atom. The summed E-state index contributed by atoms with van der Waals surface area (Å²) in [6.07, 6.45) is 5.20. The number of ether oxygens (including phenoxy) is 3. The molecule has 0 saturated carbocycles. The largest absolute Gasteiger partial charge is 0.491 e. The summed E-state index contributed by atoms with van der Waals surface area (Å²) in [6.45, 7) is 1.30. The molecule has 4 aromatic rings. The number of imidazole rings is 1. The Bertz CT molecular complexity index is 1200. The summed E-state index contributed by atoms with van der Waals surface area (Å²) >= 11 is 7.19. The fourth-order valence-corrected chi connectivity index (χ4v) is 5.29. The maximum absolute atomic E-state index is 6.50. The second kappa shape index (κ2) is 9.81. The van der Waals surface area contributed by atoms with Crippen molar-refractivity contribution in [3.05, 3.63) is 106 Å². The van der Waals surface area contributed by atoms with Crippen molar-refractivity contribution in [2.45, 2.75) is 18.4 Å². The van der Waals surface area contributed by atoms with Crippen molar-refractivity contribution in [1.82, 2.24) is 9.55 Å². The highest BCUT2D eigenvalue weighted by Gasteiger charge is 2.45. The van der Waals surface area contributed by atoms with E-state index in [0.717, 1.165) is 25.8 Å². The molecular formula is C26H22Br2N2O3. The van der Waals surface area contributed by atoms with Crippen LogP contribution in [0.4, 0.5) is 0 Å². The fraction of sp³-hybridized carbons (Fsp3) is 0.192. The van der Waals surface area contributed by atoms with Gasteiger partial charge in [-0.25, -0.2) is 4.98 Å². The molecular weight excluding hydrogens is 548 g/mol. The SMILES string of the molecule is Brc1ccc(C2(Cn3ccnc3)OCC(COc3ccc(-c4ccccc4)cc3)O2)c(Br)c1. The van der Waals surface area contributed by atoms with Gasteiger partial charge in [-0.2, -0.15) is 0 Å². The van der Waals surface area contributed by atoms with Gasteiger partial charge in [0.2, 0.25) is 5.79 Å². The van der Waals surface area contributed by atoms with Crippen molar-refractivity contribution in [2.75, 3.05) is 13.2 Å². The van der Waals surface area contributed by atoms with Gasteiger partial charge < -0.3 is 18.8 Å². The lowest BCUT2D eigenvalue weighted by molar-refractivity contribution is -0.189. The van der Waals surface area contributed by atoms with Crippen molar-refractivity contribution in [1.29, 1.82) is 0 Å². The lowest BCUT2D eigenvalue weighted by Crippen LogP contribution is -2.34. The normalized spacial score (nSPS) is 20.1. The quantitative estimate of drug-likeness (QED) is 0.257. The van der Waals surface area contributed by atoms with Crippen molar-refractivity contribution in [3.8, 4) is 16.9 Å². The van der Waals surface area contributed by atoms with Crippen LogP contribution in [0.5, 0.6) is 5.75 Å². The van der Waals surface area contributed by atoms with Gasteiger partial charge in [0.1, 0.15) is 18.5 Å². The fourth-order valence-electron chi connectivity index (χ4n) is 3.94. The molecule has 168 valence electrons. The van der Waals surface area contributed by atoms with Crippen LogP contribution in [0.3, 0.4) is 0 Å². The minimum atomic E-state index is -0.939. The number of hydrogen-bond acceptors (Lipinski definition) is 4. The zero-order chi connectivity index (χ0) is 22.7. The molecule has 7 heteroatoms. The Labute approximate surface area is 209 Å². The van der Waals surface area contributed by atoms with Gasteiger partial charge in [0.05, 0.1) is 19.5 Å². The van der Waals surface area contributed by atoms with E-state index in [2.05, 4.69) is 61.1 Å². The van der Waals surface area contributed by atoms with Gasteiger partial charge in [0.15, 0.2) is 0 Å². The first-order valence-electron chi connectivity index (χ1n) is 10.6. The summed E-state index contributed by atoms with van der Waals surface area (Å²) in [6, 6.07) is 24.4. The molecule has 0 bridgehead atoms. The summed E-state index contributed by atoms with van der Waals surface area (Å²) in [5.74, 6) is -0.138. The first-order valence-corrected chi connectivity index (χ1v) is 12.2. The molecule has 2 atom stereocenters. The van der Waals surface area contributed by atoms with Crippen LogP contribution < -0.4 is 4.74 Å². The zero-order valence-corrected chi connectivity index (χ0v) is 20.9. The van der Waals surface area contributed by atoms with E-state index in [4.69, 9.17) is 14.2 Å². The van der Waals surface area contributed by atoms with Gasteiger partial charge in [-0.1, -0.05) is 80.4 Å². The lowest BCUT2D eigenvalue weighted by atomic mass is 10.1. The molecule has 2 heterocycles. The van der Waals surface area contributed by atoms with Crippen LogP contribution in [0.1, 0.15) is 5.56 Å². The minimum absolute atomic E-state index is 0.210. The van der Waals surface area contributed by atoms with Crippen molar-refractivity contribution in [2.24, 2.45) is 0 Å². The van der Waals surface area contributed by atoms with Gasteiger partial charge in [0.25, 0.3) is 0 Å². The standard InChI is InChI=1S/C26H22Br2N2O3/c27-21-8-11-24(25(28)14-21)26(17-30-13-12-29-18-30)32-16-23(33-26)15-31-22-9-6-20(7-10-22)19-4-2-1-3-5-19/h1-14,18,23H,15-17H2. The van der Waals surface area contributed by atoms with E-state index in [1.165, 1.54) is 5.56 Å². The molecule has 5 nitrogen and oxygen atoms in total. The van der Waals surface area contributed by atoms with E-state index < -0.39 is 5.79 Å². The second-order valence-electron chi connectivity index (χ2n) is 7.86. The molecule has 0 radical (unpaired) electrons. The van der Waals surface area contributed by atoms with E-state index in [1.54, 1.807) is 12.5 Å². The summed E-state index contributed by atoms with van der Waals surface area (Å²) in [5.41, 5.74) is 3.26. The van der Waals surface area contributed by atoms with Crippen LogP contribution in [-0.2, 0) is 21.8 Å². The molecule has 0 spiro atoms. The molecule has 0 N–H and O–H groups in total. The highest BCUT2D eigenvalue weighted by Crippen LogP contribution is 2.40. The van der Waals surface area contributed by atoms with Crippen LogP contribution in [-0.4, -0.2) is 28.9 Å². The Morgan fingerprint density at radius 3 is 2.52 bits per heavy atom. The molecule has 0 aliphatic carbocycles. The van der Waals surface area contributed by atoms with Crippen LogP contribution in [0.15, 0.2) is 100 Å². The maximum atomic E-state index is 6.50. The summed E-state index contributed by atoms with van der Waals surface area (Å²) < 4.78 is 22.7. The minimum Gasteiger partial charge on any atom is -0.491 e. The number of benzene rings is 3. The maximum Gasteiger partial charge on any atom is 0.215 e. The van der Waals surface area contributed by atoms with Crippen molar-refractivity contribution < 1.29 is 14.2 Å². The average molecular weight is 570 g/mol. The van der Waals surface area contributed by atoms with Gasteiger partial charge in [-0.3, -0.25) is 0 Å². The monoisotopic (exact) mass is 568 g/mol. The Hall–Kier alpha value is -2.45. The van der Waals surface area contributed by atoms with Gasteiger partial charge >= 0.3 is 0 Å². The number of nitrogens with zero attached hydrogens (tertiary/aromatic N) is 2. The molecule has 1 saturated heterocycles. The van der Waals surface area contributed by atoms with Crippen LogP contribution in [0.25, 0.3) is 11.1 Å². The zero-order valence-electron chi connectivity index (χ0n) is 17.7. The Balaban J connectivity index is 1.29. The number of rotatable bonds is 7. The van der Waals surface area contributed by atoms with Crippen molar-refractivity contribution in [3.63, 3.8) is 0 Å². The molecule has 2 unspecified atom stereocenters. The molecule has 33 heavy (non-hydrogen) atoms. The van der Waals surface area contributed by atoms with E-state index in [0.29, 0.717) is 19.8 Å². The van der Waals surface area contributed by atoms with E-state index in [1.807, 2.05) is 59.3 Å². The third-order valence-corrected chi connectivity index (χ3v) is 6.70. The number of halogens is 2. The first kappa shape index (κ1) is 22.3. The van der Waals surface area contributed by atoms with Crippen LogP contribution in [0.2, 0.25) is 0 Å². The van der Waals surface area contributed by atoms with Gasteiger partial charge in [-0.15, -0.1) is 0 Å². The topological polar surface area (TPSA) is 45.5 Å². The first-order chi connectivity index (χ1) is 16.1. The van der Waals surface area contributed by atoms with E-state index >= 15 is 0 Å². The van der Waals surface area contributed by atoms with E-state index in [-0.39, 0.29) is 6.10 Å². The molecule has 1 fully saturated rings. The number of aromatic nitrogens is 2. The van der Waals surface area contributed by atoms with Gasteiger partial charge in [-0.05, 0) is 35.4 Å². The molecule has 5 rings (SSSR count). The Kier molecular flexibility index (Phi) is 6.64. The van der Waals surface area contributed by atoms with E-state index in [9.17, 15) is 0 Å². The van der Waals surface area contributed by atoms with Crippen LogP contribution >= 0.6 is 31.9 Å². The summed E-state index contributed by atoms with van der Waals surface area (Å²) in [5, 5.41) is 0. The smallest absolute Gasteiger partial charge is 0.215 e. The molecule has 1 aliphatic heterocycles. The highest BCUT2D eigenvalue weighted by molar-refractivity contribution is 9.11. The van der Waals surface area contributed by atoms with Gasteiger partial charge in [0, 0.05) is 26.9 Å². The third-order valence-electron chi connectivity index (χ3n) is 5.55. The molecule has 3 aromatic carbocycles. The average Bonchev–Trinajstić information content (AvgIpc) is 3.49. The molecule has 0 amide bonds. The van der Waals surface area contributed by atoms with Crippen molar-refractivity contribution >= 4 is 31.9 Å². The summed E-state index contributed by atoms with van der Waals surface area (Å²) in [4.78, 5) is 4.16. The molecule has 1 aromatic heterocycles. The molecule has 1 aliphatic rings. The highest BCUT2D eigenvalue weighted by atomic mass is 79.9. The summed E-state index contributed by atoms with van der Waals surface area (Å²) in [7, 11) is 0. The van der Waals surface area contributed by atoms with Crippen LogP contribution in [0, 0.1) is 0 Å². The Morgan fingerprint density at radius 2 is 1.79 bits per heavy atom. The predicted octanol–water partition coefficient (Wildman–Crippen LogP) is 6.42. The lowest BCUT2D eigenvalue weighted by Gasteiger charge is -2.30. The number of hydrogen-bond donors (Lipinski definition) is 0. The third kappa shape index (κ3) is 5.06. The predicted molar refractivity (Wildman–Crippen MR) is 134 cm³/mol.